The average Bonchev–Trinajstić information content (AvgIpc) is 2.34. The molecule has 102 valence electrons. The van der Waals surface area contributed by atoms with Crippen LogP contribution in [0.2, 0.25) is 0 Å². The van der Waals surface area contributed by atoms with E-state index in [4.69, 9.17) is 5.73 Å². The van der Waals surface area contributed by atoms with Gasteiger partial charge in [-0.05, 0) is 50.6 Å². The Morgan fingerprint density at radius 2 is 1.94 bits per heavy atom. The fraction of sp³-hybridized carbons (Fsp3) is 0.600. The molecule has 2 N–H and O–H groups in total. The van der Waals surface area contributed by atoms with Crippen molar-refractivity contribution >= 4 is 15.9 Å². The molecule has 2 unspecified atom stereocenters. The zero-order valence-corrected chi connectivity index (χ0v) is 13.4. The Morgan fingerprint density at radius 3 is 2.50 bits per heavy atom. The van der Waals surface area contributed by atoms with E-state index in [0.717, 1.165) is 17.4 Å². The van der Waals surface area contributed by atoms with Crippen molar-refractivity contribution in [2.75, 3.05) is 13.6 Å². The van der Waals surface area contributed by atoms with Crippen LogP contribution in [0.25, 0.3) is 0 Å². The van der Waals surface area contributed by atoms with Crippen molar-refractivity contribution in [3.05, 3.63) is 34.3 Å². The largest absolute Gasteiger partial charge is 0.324 e. The van der Waals surface area contributed by atoms with Crippen LogP contribution in [0.5, 0.6) is 0 Å². The molecule has 0 fully saturated rings. The minimum Gasteiger partial charge on any atom is -0.324 e. The molecule has 0 aliphatic heterocycles. The Balaban J connectivity index is 2.48. The summed E-state index contributed by atoms with van der Waals surface area (Å²) >= 11 is 3.49. The molecule has 0 saturated carbocycles. The van der Waals surface area contributed by atoms with Gasteiger partial charge in [0.05, 0.1) is 0 Å². The maximum Gasteiger partial charge on any atom is 0.0307 e. The van der Waals surface area contributed by atoms with Gasteiger partial charge >= 0.3 is 0 Å². The topological polar surface area (TPSA) is 29.3 Å². The zero-order chi connectivity index (χ0) is 13.7. The monoisotopic (exact) mass is 312 g/mol. The van der Waals surface area contributed by atoms with Crippen LogP contribution >= 0.6 is 15.9 Å². The first-order valence-electron chi connectivity index (χ1n) is 6.63. The van der Waals surface area contributed by atoms with Crippen molar-refractivity contribution in [1.29, 1.82) is 0 Å². The first-order chi connectivity index (χ1) is 8.41. The van der Waals surface area contributed by atoms with Gasteiger partial charge in [-0.25, -0.2) is 0 Å². The van der Waals surface area contributed by atoms with E-state index in [9.17, 15) is 0 Å². The minimum absolute atomic E-state index is 0.115. The number of halogens is 1. The van der Waals surface area contributed by atoms with Gasteiger partial charge in [-0.15, -0.1) is 0 Å². The summed E-state index contributed by atoms with van der Waals surface area (Å²) in [5.74, 6) is 0.678. The van der Waals surface area contributed by atoms with Crippen LogP contribution in [0, 0.1) is 5.92 Å². The van der Waals surface area contributed by atoms with Gasteiger partial charge in [0.15, 0.2) is 0 Å². The van der Waals surface area contributed by atoms with Crippen LogP contribution in [0.4, 0.5) is 0 Å². The average molecular weight is 313 g/mol. The Kier molecular flexibility index (Phi) is 6.33. The highest BCUT2D eigenvalue weighted by Crippen LogP contribution is 2.19. The molecule has 18 heavy (non-hydrogen) atoms. The molecule has 1 aromatic rings. The lowest BCUT2D eigenvalue weighted by atomic mass is 10.0. The van der Waals surface area contributed by atoms with E-state index in [1.165, 1.54) is 5.56 Å². The van der Waals surface area contributed by atoms with Crippen molar-refractivity contribution in [2.45, 2.75) is 39.3 Å². The third kappa shape index (κ3) is 4.71. The minimum atomic E-state index is 0.115. The van der Waals surface area contributed by atoms with Gasteiger partial charge in [0.2, 0.25) is 0 Å². The lowest BCUT2D eigenvalue weighted by Crippen LogP contribution is -2.35. The van der Waals surface area contributed by atoms with Crippen molar-refractivity contribution in [2.24, 2.45) is 11.7 Å². The number of nitrogens with two attached hydrogens (primary N) is 1. The molecule has 0 bridgehead atoms. The van der Waals surface area contributed by atoms with Crippen molar-refractivity contribution in [3.8, 4) is 0 Å². The Hall–Kier alpha value is -0.380. The molecule has 0 aliphatic rings. The van der Waals surface area contributed by atoms with Crippen LogP contribution < -0.4 is 5.73 Å². The zero-order valence-electron chi connectivity index (χ0n) is 11.9. The van der Waals surface area contributed by atoms with E-state index >= 15 is 0 Å². The van der Waals surface area contributed by atoms with E-state index in [1.54, 1.807) is 0 Å². The highest BCUT2D eigenvalue weighted by atomic mass is 79.9. The summed E-state index contributed by atoms with van der Waals surface area (Å²) in [7, 11) is 2.18. The molecule has 0 saturated heterocycles. The number of nitrogens with zero attached hydrogens (tertiary/aromatic N) is 1. The maximum atomic E-state index is 6.24. The molecule has 0 aromatic heterocycles. The number of hydrogen-bond donors (Lipinski definition) is 1. The molecular formula is C15H25BrN2. The summed E-state index contributed by atoms with van der Waals surface area (Å²) in [5.41, 5.74) is 7.44. The lowest BCUT2D eigenvalue weighted by molar-refractivity contribution is 0.202. The van der Waals surface area contributed by atoms with Crippen molar-refractivity contribution in [1.82, 2.24) is 4.90 Å². The normalized spacial score (nSPS) is 15.1. The Bertz CT molecular complexity index is 365. The van der Waals surface area contributed by atoms with Crippen LogP contribution in [-0.4, -0.2) is 24.5 Å². The second kappa shape index (κ2) is 7.27. The highest BCUT2D eigenvalue weighted by molar-refractivity contribution is 9.10. The summed E-state index contributed by atoms with van der Waals surface area (Å²) < 4.78 is 1.10. The highest BCUT2D eigenvalue weighted by Gasteiger charge is 2.14. The molecule has 2 nitrogen and oxygen atoms in total. The summed E-state index contributed by atoms with van der Waals surface area (Å²) in [6, 6.07) is 8.99. The Morgan fingerprint density at radius 1 is 1.28 bits per heavy atom. The summed E-state index contributed by atoms with van der Waals surface area (Å²) in [6.07, 6.45) is 0.990. The van der Waals surface area contributed by atoms with E-state index < -0.39 is 0 Å². The van der Waals surface area contributed by atoms with E-state index in [0.29, 0.717) is 12.0 Å². The first-order valence-corrected chi connectivity index (χ1v) is 7.42. The molecule has 0 amide bonds. The van der Waals surface area contributed by atoms with Gasteiger partial charge in [0.25, 0.3) is 0 Å². The lowest BCUT2D eigenvalue weighted by Gasteiger charge is -2.28. The smallest absolute Gasteiger partial charge is 0.0307 e. The first kappa shape index (κ1) is 15.7. The molecule has 0 spiro atoms. The van der Waals surface area contributed by atoms with Gasteiger partial charge < -0.3 is 10.6 Å². The standard InChI is InChI=1S/C15H25BrN2/c1-11(2)12(3)18(4)9-8-15(17)13-6-5-7-14(16)10-13/h5-7,10-12,15H,8-9,17H2,1-4H3. The fourth-order valence-electron chi connectivity index (χ4n) is 1.96. The number of hydrogen-bond acceptors (Lipinski definition) is 2. The van der Waals surface area contributed by atoms with E-state index in [-0.39, 0.29) is 6.04 Å². The van der Waals surface area contributed by atoms with Gasteiger partial charge in [0.1, 0.15) is 0 Å². The van der Waals surface area contributed by atoms with Crippen molar-refractivity contribution < 1.29 is 0 Å². The second-order valence-corrected chi connectivity index (χ2v) is 6.33. The summed E-state index contributed by atoms with van der Waals surface area (Å²) in [6.45, 7) is 7.83. The maximum absolute atomic E-state index is 6.24. The number of benzene rings is 1. The van der Waals surface area contributed by atoms with E-state index in [2.05, 4.69) is 60.8 Å². The Labute approximate surface area is 120 Å². The number of rotatable bonds is 6. The SMILES string of the molecule is CC(C)C(C)N(C)CCC(N)c1cccc(Br)c1. The van der Waals surface area contributed by atoms with Gasteiger partial charge in [-0.1, -0.05) is 41.9 Å². The predicted molar refractivity (Wildman–Crippen MR) is 82.6 cm³/mol. The molecule has 3 heteroatoms. The second-order valence-electron chi connectivity index (χ2n) is 5.42. The molecule has 0 radical (unpaired) electrons. The van der Waals surface area contributed by atoms with Crippen LogP contribution in [0.15, 0.2) is 28.7 Å². The molecular weight excluding hydrogens is 288 g/mol. The van der Waals surface area contributed by atoms with Gasteiger partial charge in [-0.3, -0.25) is 0 Å². The predicted octanol–water partition coefficient (Wildman–Crippen LogP) is 3.82. The van der Waals surface area contributed by atoms with Gasteiger partial charge in [-0.2, -0.15) is 0 Å². The quantitative estimate of drug-likeness (QED) is 0.865. The molecule has 0 heterocycles. The fourth-order valence-corrected chi connectivity index (χ4v) is 2.38. The molecule has 0 aliphatic carbocycles. The van der Waals surface area contributed by atoms with E-state index in [1.807, 2.05) is 12.1 Å². The van der Waals surface area contributed by atoms with Crippen LogP contribution in [-0.2, 0) is 0 Å². The molecule has 2 atom stereocenters. The van der Waals surface area contributed by atoms with Crippen LogP contribution in [0.1, 0.15) is 38.8 Å². The van der Waals surface area contributed by atoms with Gasteiger partial charge in [0, 0.05) is 16.6 Å². The third-order valence-electron chi connectivity index (χ3n) is 3.73. The van der Waals surface area contributed by atoms with Crippen LogP contribution in [0.3, 0.4) is 0 Å². The molecule has 1 rings (SSSR count). The van der Waals surface area contributed by atoms with Crippen molar-refractivity contribution in [3.63, 3.8) is 0 Å². The molecule has 1 aromatic carbocycles. The third-order valence-corrected chi connectivity index (χ3v) is 4.22. The summed E-state index contributed by atoms with van der Waals surface area (Å²) in [4.78, 5) is 2.39. The summed E-state index contributed by atoms with van der Waals surface area (Å²) in [5, 5.41) is 0.